The van der Waals surface area contributed by atoms with E-state index in [0.717, 1.165) is 24.1 Å². The molecule has 0 radical (unpaired) electrons. The van der Waals surface area contributed by atoms with E-state index in [0.29, 0.717) is 48.7 Å². The maximum atomic E-state index is 13.2. The van der Waals surface area contributed by atoms with E-state index >= 15 is 0 Å². The Morgan fingerprint density at radius 1 is 0.872 bits per heavy atom. The van der Waals surface area contributed by atoms with Crippen LogP contribution >= 0.6 is 23.2 Å². The number of fused-ring (bicyclic) bond motifs is 5. The molecule has 3 aromatic rings. The van der Waals surface area contributed by atoms with Crippen LogP contribution in [-0.4, -0.2) is 56.4 Å². The topological polar surface area (TPSA) is 70.2 Å². The van der Waals surface area contributed by atoms with E-state index in [1.807, 2.05) is 35.2 Å². The fourth-order valence-corrected chi connectivity index (χ4v) is 8.15. The molecule has 2 atom stereocenters. The van der Waals surface area contributed by atoms with Gasteiger partial charge in [-0.2, -0.15) is 4.31 Å². The second-order valence-electron chi connectivity index (χ2n) is 10.3. The van der Waals surface area contributed by atoms with Crippen LogP contribution in [0.15, 0.2) is 71.6 Å². The average molecular weight is 587 g/mol. The van der Waals surface area contributed by atoms with Crippen molar-refractivity contribution in [3.05, 3.63) is 93.5 Å². The Balaban J connectivity index is 1.14. The van der Waals surface area contributed by atoms with Gasteiger partial charge in [-0.15, -0.1) is 0 Å². The van der Waals surface area contributed by atoms with Gasteiger partial charge in [-0.05, 0) is 65.8 Å². The molecule has 1 aliphatic carbocycles. The van der Waals surface area contributed by atoms with Gasteiger partial charge in [-0.1, -0.05) is 59.6 Å². The molecule has 0 aromatic heterocycles. The summed E-state index contributed by atoms with van der Waals surface area (Å²) in [6, 6.07) is 20.6. The summed E-state index contributed by atoms with van der Waals surface area (Å²) in [6.07, 6.45) is 1.56. The molecular formula is C29H29Cl2N3O4S. The first-order valence-corrected chi connectivity index (χ1v) is 15.3. The van der Waals surface area contributed by atoms with E-state index in [2.05, 4.69) is 23.1 Å². The second kappa shape index (κ2) is 10.7. The molecule has 2 bridgehead atoms. The van der Waals surface area contributed by atoms with Gasteiger partial charge in [0.1, 0.15) is 6.61 Å². The lowest BCUT2D eigenvalue weighted by Crippen LogP contribution is -2.48. The quantitative estimate of drug-likeness (QED) is 0.363. The van der Waals surface area contributed by atoms with E-state index in [1.54, 1.807) is 0 Å². The summed E-state index contributed by atoms with van der Waals surface area (Å²) in [7, 11) is -3.70. The van der Waals surface area contributed by atoms with Crippen molar-refractivity contribution in [1.29, 1.82) is 0 Å². The minimum absolute atomic E-state index is 0.00350. The summed E-state index contributed by atoms with van der Waals surface area (Å²) in [6.45, 7) is 2.76. The third kappa shape index (κ3) is 5.23. The number of sulfonamides is 1. The van der Waals surface area contributed by atoms with Crippen LogP contribution in [0.1, 0.15) is 41.5 Å². The maximum absolute atomic E-state index is 13.2. The molecule has 0 saturated carbocycles. The first-order valence-electron chi connectivity index (χ1n) is 13.1. The van der Waals surface area contributed by atoms with Gasteiger partial charge >= 0.3 is 6.09 Å². The third-order valence-electron chi connectivity index (χ3n) is 7.99. The molecule has 3 aliphatic rings. The number of piperazine rings is 1. The first-order chi connectivity index (χ1) is 18.8. The van der Waals surface area contributed by atoms with Crippen molar-refractivity contribution in [1.82, 2.24) is 9.21 Å². The Morgan fingerprint density at radius 2 is 1.59 bits per heavy atom. The molecule has 2 heterocycles. The number of halogens is 2. The minimum atomic E-state index is -3.70. The maximum Gasteiger partial charge on any atom is 0.410 e. The van der Waals surface area contributed by atoms with Crippen LogP contribution in [0, 0.1) is 0 Å². The number of hydrogen-bond donors (Lipinski definition) is 0. The average Bonchev–Trinajstić information content (AvgIpc) is 3.22. The first kappa shape index (κ1) is 26.4. The highest BCUT2D eigenvalue weighted by molar-refractivity contribution is 7.89. The molecule has 1 amide bonds. The van der Waals surface area contributed by atoms with E-state index in [9.17, 15) is 13.2 Å². The highest BCUT2D eigenvalue weighted by Crippen LogP contribution is 2.50. The number of piperidine rings is 1. The van der Waals surface area contributed by atoms with Crippen LogP contribution in [0.4, 0.5) is 10.5 Å². The summed E-state index contributed by atoms with van der Waals surface area (Å²) in [5.74, 6) is 0.448. The molecule has 2 aliphatic heterocycles. The number of carbonyl (C=O) groups excluding carboxylic acids is 1. The molecule has 0 N–H and O–H groups in total. The van der Waals surface area contributed by atoms with Crippen molar-refractivity contribution in [3.63, 3.8) is 0 Å². The summed E-state index contributed by atoms with van der Waals surface area (Å²) in [5.41, 5.74) is 4.49. The van der Waals surface area contributed by atoms with Gasteiger partial charge in [-0.25, -0.2) is 13.2 Å². The summed E-state index contributed by atoms with van der Waals surface area (Å²) >= 11 is 12.1. The standard InChI is InChI=1S/C29H29Cl2N3O4S/c30-22-15-23(31)17-25(16-22)39(36,37)33-12-10-32(11-13-33)24-6-7-26-21-8-9-34(28(14-21)27(26)18-24)29(35)38-19-20-4-2-1-3-5-20/h1-7,15-18,21,28H,8-14,19H2/t21-,28?/m1/s1. The number of rotatable bonds is 5. The van der Waals surface area contributed by atoms with Crippen LogP contribution in [0.3, 0.4) is 0 Å². The van der Waals surface area contributed by atoms with Gasteiger partial charge in [-0.3, -0.25) is 0 Å². The number of anilines is 1. The Morgan fingerprint density at radius 3 is 2.31 bits per heavy atom. The summed E-state index contributed by atoms with van der Waals surface area (Å²) < 4.78 is 33.6. The number of carbonyl (C=O) groups is 1. The highest BCUT2D eigenvalue weighted by Gasteiger charge is 2.42. The van der Waals surface area contributed by atoms with Crippen LogP contribution < -0.4 is 4.90 Å². The molecule has 3 aromatic carbocycles. The van der Waals surface area contributed by atoms with Gasteiger partial charge < -0.3 is 14.5 Å². The molecule has 6 rings (SSSR count). The number of nitrogens with zero attached hydrogens (tertiary/aromatic N) is 3. The van der Waals surface area contributed by atoms with Crippen LogP contribution in [0.5, 0.6) is 0 Å². The predicted octanol–water partition coefficient (Wildman–Crippen LogP) is 6.08. The molecule has 0 spiro atoms. The highest BCUT2D eigenvalue weighted by atomic mass is 35.5. The zero-order chi connectivity index (χ0) is 27.1. The second-order valence-corrected chi connectivity index (χ2v) is 13.1. The molecule has 1 unspecified atom stereocenters. The molecule has 2 saturated heterocycles. The Bertz CT molecular complexity index is 1470. The van der Waals surface area contributed by atoms with E-state index in [4.69, 9.17) is 27.9 Å². The third-order valence-corrected chi connectivity index (χ3v) is 10.3. The van der Waals surface area contributed by atoms with Gasteiger partial charge in [0.25, 0.3) is 0 Å². The molecule has 204 valence electrons. The van der Waals surface area contributed by atoms with Crippen molar-refractivity contribution >= 4 is 45.0 Å². The Labute approximate surface area is 238 Å². The monoisotopic (exact) mass is 585 g/mol. The number of amides is 1. The fourth-order valence-electron chi connectivity index (χ4n) is 6.00. The SMILES string of the molecule is O=C(OCc1ccccc1)N1CC[C@@H]2CC1c1cc(N3CCN(S(=O)(=O)c4cc(Cl)cc(Cl)c4)CC3)ccc12. The van der Waals surface area contributed by atoms with Gasteiger partial charge in [0.2, 0.25) is 10.0 Å². The van der Waals surface area contributed by atoms with Crippen molar-refractivity contribution in [2.45, 2.75) is 36.3 Å². The van der Waals surface area contributed by atoms with E-state index < -0.39 is 10.0 Å². The van der Waals surface area contributed by atoms with E-state index in [-0.39, 0.29) is 23.6 Å². The lowest BCUT2D eigenvalue weighted by Gasteiger charge is -2.36. The number of hydrogen-bond acceptors (Lipinski definition) is 5. The molecular weight excluding hydrogens is 557 g/mol. The number of likely N-dealkylation sites (tertiary alicyclic amines) is 1. The normalized spacial score (nSPS) is 21.1. The zero-order valence-corrected chi connectivity index (χ0v) is 23.6. The minimum Gasteiger partial charge on any atom is -0.445 e. The van der Waals surface area contributed by atoms with E-state index in [1.165, 1.54) is 33.6 Å². The summed E-state index contributed by atoms with van der Waals surface area (Å²) in [5, 5.41) is 0.585. The molecule has 39 heavy (non-hydrogen) atoms. The Hall–Kier alpha value is -2.78. The smallest absolute Gasteiger partial charge is 0.410 e. The van der Waals surface area contributed by atoms with Crippen LogP contribution in [0.2, 0.25) is 10.0 Å². The lowest BCUT2D eigenvalue weighted by atomic mass is 9.96. The predicted molar refractivity (Wildman–Crippen MR) is 152 cm³/mol. The lowest BCUT2D eigenvalue weighted by molar-refractivity contribution is 0.0694. The van der Waals surface area contributed by atoms with Gasteiger partial charge in [0.15, 0.2) is 0 Å². The van der Waals surface area contributed by atoms with Crippen LogP contribution in [0.25, 0.3) is 0 Å². The number of benzene rings is 3. The summed E-state index contributed by atoms with van der Waals surface area (Å²) in [4.78, 5) is 17.2. The van der Waals surface area contributed by atoms with Gasteiger partial charge in [0, 0.05) is 48.5 Å². The zero-order valence-electron chi connectivity index (χ0n) is 21.3. The van der Waals surface area contributed by atoms with Gasteiger partial charge in [0.05, 0.1) is 10.9 Å². The van der Waals surface area contributed by atoms with Crippen molar-refractivity contribution in [3.8, 4) is 0 Å². The van der Waals surface area contributed by atoms with Crippen molar-refractivity contribution < 1.29 is 17.9 Å². The molecule has 2 fully saturated rings. The molecule has 7 nitrogen and oxygen atoms in total. The largest absolute Gasteiger partial charge is 0.445 e. The molecule has 10 heteroatoms. The Kier molecular flexibility index (Phi) is 7.22. The van der Waals surface area contributed by atoms with Crippen LogP contribution in [-0.2, 0) is 21.4 Å². The van der Waals surface area contributed by atoms with Crippen molar-refractivity contribution in [2.75, 3.05) is 37.6 Å². The number of ether oxygens (including phenoxy) is 1. The fraction of sp³-hybridized carbons (Fsp3) is 0.345. The van der Waals surface area contributed by atoms with Crippen molar-refractivity contribution in [2.24, 2.45) is 0 Å².